The van der Waals surface area contributed by atoms with Crippen LogP contribution in [0.5, 0.6) is 5.75 Å². The van der Waals surface area contributed by atoms with Crippen LogP contribution in [0.25, 0.3) is 0 Å². The maximum Gasteiger partial charge on any atom is 0.530 e. The fraction of sp³-hybridized carbons (Fsp3) is 0.531. The number of hydrogen-bond acceptors (Lipinski definition) is 11. The number of carbonyl (C=O) groups is 1. The number of nitrogens with zero attached hydrogens (tertiary/aromatic N) is 4. The minimum Gasteiger partial charge on any atom is -0.404 e. The summed E-state index contributed by atoms with van der Waals surface area (Å²) >= 11 is 7.01. The lowest BCUT2D eigenvalue weighted by molar-refractivity contribution is -0.384. The van der Waals surface area contributed by atoms with Crippen molar-refractivity contribution in [3.05, 3.63) is 60.0 Å². The Morgan fingerprint density at radius 2 is 1.69 bits per heavy atom. The van der Waals surface area contributed by atoms with Gasteiger partial charge in [0.05, 0.1) is 47.1 Å². The van der Waals surface area contributed by atoms with Crippen molar-refractivity contribution in [2.75, 3.05) is 24.7 Å². The van der Waals surface area contributed by atoms with E-state index in [9.17, 15) is 30.0 Å². The van der Waals surface area contributed by atoms with Crippen molar-refractivity contribution in [3.8, 4) is 17.9 Å². The van der Waals surface area contributed by atoms with E-state index in [4.69, 9.17) is 23.0 Å². The summed E-state index contributed by atoms with van der Waals surface area (Å²) in [7, 11) is -4.42. The number of nitro benzene ring substituents is 1. The molecule has 1 heterocycles. The van der Waals surface area contributed by atoms with E-state index in [-0.39, 0.29) is 47.9 Å². The van der Waals surface area contributed by atoms with Gasteiger partial charge in [-0.1, -0.05) is 47.0 Å². The predicted molar refractivity (Wildman–Crippen MR) is 184 cm³/mol. The van der Waals surface area contributed by atoms with E-state index in [0.717, 1.165) is 46.3 Å². The number of nitro groups is 1. The number of aryl methyl sites for hydroxylation is 1. The van der Waals surface area contributed by atoms with Crippen LogP contribution in [0.2, 0.25) is 0 Å². The molecule has 13 nitrogen and oxygen atoms in total. The molecule has 260 valence electrons. The van der Waals surface area contributed by atoms with Gasteiger partial charge in [0.15, 0.2) is 6.29 Å². The topological polar surface area (TPSA) is 174 Å². The molecule has 0 bridgehead atoms. The van der Waals surface area contributed by atoms with Crippen molar-refractivity contribution in [2.45, 2.75) is 91.1 Å². The summed E-state index contributed by atoms with van der Waals surface area (Å²) in [6, 6.07) is 8.96. The molecule has 2 aromatic rings. The highest BCUT2D eigenvalue weighted by Crippen LogP contribution is 2.51. The molecule has 1 aliphatic heterocycles. The van der Waals surface area contributed by atoms with Crippen LogP contribution in [0.15, 0.2) is 33.2 Å². The molecular weight excluding hydrogens is 775 g/mol. The Balaban J connectivity index is 2.00. The van der Waals surface area contributed by atoms with Gasteiger partial charge in [0, 0.05) is 21.1 Å². The number of nitriles is 2. The third-order valence-corrected chi connectivity index (χ3v) is 10.9. The lowest BCUT2D eigenvalue weighted by Crippen LogP contribution is -2.41. The Labute approximate surface area is 297 Å². The van der Waals surface area contributed by atoms with Gasteiger partial charge in [-0.25, -0.2) is 4.57 Å². The number of non-ortho nitro benzene ring substituents is 1. The zero-order valence-electron chi connectivity index (χ0n) is 27.3. The Bertz CT molecular complexity index is 1560. The van der Waals surface area contributed by atoms with Gasteiger partial charge in [0.1, 0.15) is 24.5 Å². The van der Waals surface area contributed by atoms with E-state index in [1.165, 1.54) is 0 Å². The number of anilines is 1. The first-order valence-electron chi connectivity index (χ1n) is 15.7. The van der Waals surface area contributed by atoms with Crippen LogP contribution in [-0.2, 0) is 34.3 Å². The van der Waals surface area contributed by atoms with E-state index < -0.39 is 37.2 Å². The summed E-state index contributed by atoms with van der Waals surface area (Å²) in [5, 5.41) is 31.5. The average molecular weight is 814 g/mol. The van der Waals surface area contributed by atoms with E-state index in [2.05, 4.69) is 31.9 Å². The zero-order chi connectivity index (χ0) is 35.4. The van der Waals surface area contributed by atoms with Crippen molar-refractivity contribution < 1.29 is 37.3 Å². The van der Waals surface area contributed by atoms with Crippen LogP contribution in [0.4, 0.5) is 11.4 Å². The molecule has 4 unspecified atom stereocenters. The number of carbonyl (C=O) groups excluding carboxylic acids is 1. The van der Waals surface area contributed by atoms with Gasteiger partial charge in [0.2, 0.25) is 0 Å². The van der Waals surface area contributed by atoms with E-state index in [1.54, 1.807) is 12.1 Å². The number of phosphoric ester groups is 1. The van der Waals surface area contributed by atoms with Crippen molar-refractivity contribution in [1.29, 1.82) is 10.5 Å². The molecule has 3 rings (SSSR count). The van der Waals surface area contributed by atoms with Crippen molar-refractivity contribution in [2.24, 2.45) is 0 Å². The second kappa shape index (κ2) is 18.8. The number of phosphoric acid groups is 1. The van der Waals surface area contributed by atoms with Crippen LogP contribution in [0, 0.1) is 32.8 Å². The molecular formula is C32H39Br2N4O9P. The smallest absolute Gasteiger partial charge is 0.404 e. The van der Waals surface area contributed by atoms with Crippen molar-refractivity contribution in [1.82, 2.24) is 0 Å². The van der Waals surface area contributed by atoms with E-state index in [0.29, 0.717) is 30.2 Å². The number of unbranched alkanes of at least 4 members (excludes halogenated alkanes) is 1. The molecule has 0 spiro atoms. The number of benzene rings is 2. The van der Waals surface area contributed by atoms with Crippen LogP contribution in [0.3, 0.4) is 0 Å². The first-order valence-corrected chi connectivity index (χ1v) is 18.8. The third kappa shape index (κ3) is 10.3. The summed E-state index contributed by atoms with van der Waals surface area (Å²) < 4.78 is 44.7. The number of halogens is 2. The van der Waals surface area contributed by atoms with Gasteiger partial charge in [-0.05, 0) is 75.2 Å². The van der Waals surface area contributed by atoms with Crippen LogP contribution < -0.4 is 9.42 Å². The number of ether oxygens (including phenoxy) is 2. The van der Waals surface area contributed by atoms with E-state index in [1.807, 2.05) is 39.8 Å². The van der Waals surface area contributed by atoms with Gasteiger partial charge in [-0.15, -0.1) is 0 Å². The fourth-order valence-electron chi connectivity index (χ4n) is 5.11. The molecule has 1 amide bonds. The molecule has 0 N–H and O–H groups in total. The summed E-state index contributed by atoms with van der Waals surface area (Å²) in [5.74, 6) is -0.658. The summed E-state index contributed by atoms with van der Waals surface area (Å²) in [5.41, 5.74) is -0.402. The Morgan fingerprint density at radius 3 is 2.25 bits per heavy atom. The summed E-state index contributed by atoms with van der Waals surface area (Å²) in [4.78, 5) is 25.9. The summed E-state index contributed by atoms with van der Waals surface area (Å²) in [6.45, 7) is 6.75. The highest BCUT2D eigenvalue weighted by atomic mass is 79.9. The molecule has 4 atom stereocenters. The molecule has 16 heteroatoms. The fourth-order valence-corrected chi connectivity index (χ4v) is 7.18. The zero-order valence-corrected chi connectivity index (χ0v) is 31.3. The maximum absolute atomic E-state index is 14.0. The Hall–Kier alpha value is -2.88. The molecule has 0 radical (unpaired) electrons. The third-order valence-electron chi connectivity index (χ3n) is 7.40. The quantitative estimate of drug-likeness (QED) is 0.0611. The highest BCUT2D eigenvalue weighted by Gasteiger charge is 2.39. The first kappa shape index (κ1) is 39.6. The average Bonchev–Trinajstić information content (AvgIpc) is 3.45. The molecule has 1 aliphatic rings. The molecule has 0 saturated carbocycles. The van der Waals surface area contributed by atoms with Crippen molar-refractivity contribution in [3.63, 3.8) is 0 Å². The molecule has 2 aromatic carbocycles. The SMILES string of the molecule is CCCCOP(=O)(OCC(=O)N(CC1OC(CC)C(CCC)O1)c1c(C#N)cc([N+](=O)[O-])cc1C#N)Oc1cc(Br)c(Br)c(CCC)c1. The van der Waals surface area contributed by atoms with E-state index >= 15 is 0 Å². The maximum atomic E-state index is 14.0. The lowest BCUT2D eigenvalue weighted by Gasteiger charge is -2.27. The first-order chi connectivity index (χ1) is 22.9. The summed E-state index contributed by atoms with van der Waals surface area (Å²) in [6.07, 6.45) is 3.53. The van der Waals surface area contributed by atoms with Gasteiger partial charge in [0.25, 0.3) is 11.6 Å². The highest BCUT2D eigenvalue weighted by molar-refractivity contribution is 9.13. The minimum absolute atomic E-state index is 0.0195. The predicted octanol–water partition coefficient (Wildman–Crippen LogP) is 8.49. The van der Waals surface area contributed by atoms with Gasteiger partial charge in [-0.2, -0.15) is 10.5 Å². The number of rotatable bonds is 18. The standard InChI is InChI=1S/C32H39Br2N4O9P/c1-5-9-12-43-48(42,47-25-15-21(10-6-2)31(34)26(33)16-25)44-20-29(39)37(19-30-45-27(8-4)28(46-30)11-7-3)32-22(17-35)13-24(38(40)41)14-23(32)18-36/h13-16,27-28,30H,5-12,19-20H2,1-4H3. The molecule has 1 saturated heterocycles. The van der Waals surface area contributed by atoms with Crippen LogP contribution in [0.1, 0.15) is 82.9 Å². The molecule has 0 aromatic heterocycles. The van der Waals surface area contributed by atoms with Crippen LogP contribution >= 0.6 is 39.7 Å². The minimum atomic E-state index is -4.42. The van der Waals surface area contributed by atoms with Crippen LogP contribution in [-0.4, -0.2) is 49.1 Å². The second-order valence-corrected chi connectivity index (χ2v) is 14.2. The molecule has 0 aliphatic carbocycles. The Kier molecular flexibility index (Phi) is 15.5. The largest absolute Gasteiger partial charge is 0.530 e. The number of amides is 1. The van der Waals surface area contributed by atoms with Gasteiger partial charge in [-0.3, -0.25) is 24.0 Å². The Morgan fingerprint density at radius 1 is 1.02 bits per heavy atom. The molecule has 1 fully saturated rings. The van der Waals surface area contributed by atoms with Gasteiger partial charge < -0.3 is 18.9 Å². The van der Waals surface area contributed by atoms with Crippen molar-refractivity contribution >= 4 is 57.0 Å². The van der Waals surface area contributed by atoms with Gasteiger partial charge >= 0.3 is 7.82 Å². The second-order valence-electron chi connectivity index (χ2n) is 11.0. The number of hydrogen-bond donors (Lipinski definition) is 0. The lowest BCUT2D eigenvalue weighted by atomic mass is 10.1. The molecule has 48 heavy (non-hydrogen) atoms. The monoisotopic (exact) mass is 812 g/mol. The normalized spacial score (nSPS) is 18.5.